The van der Waals surface area contributed by atoms with Crippen molar-refractivity contribution >= 4 is 40.8 Å². The molecule has 2 aliphatic rings. The van der Waals surface area contributed by atoms with E-state index >= 15 is 0 Å². The zero-order chi connectivity index (χ0) is 18.9. The molecule has 6 heteroatoms. The zero-order valence-electron chi connectivity index (χ0n) is 14.9. The maximum absolute atomic E-state index is 13.1. The van der Waals surface area contributed by atoms with Crippen molar-refractivity contribution in [1.82, 2.24) is 9.80 Å². The Kier molecular flexibility index (Phi) is 5.06. The zero-order valence-corrected chi connectivity index (χ0v) is 16.5. The minimum Gasteiger partial charge on any atom is -0.338 e. The summed E-state index contributed by atoms with van der Waals surface area (Å²) >= 11 is 7.72. The number of thiophene rings is 1. The van der Waals surface area contributed by atoms with Crippen LogP contribution in [0.15, 0.2) is 47.9 Å². The quantitative estimate of drug-likeness (QED) is 0.732. The first-order valence-corrected chi connectivity index (χ1v) is 10.4. The van der Waals surface area contributed by atoms with Crippen molar-refractivity contribution in [3.63, 3.8) is 0 Å². The molecule has 0 radical (unpaired) electrons. The van der Waals surface area contributed by atoms with Crippen molar-refractivity contribution in [3.05, 3.63) is 63.3 Å². The monoisotopic (exact) mass is 400 g/mol. The van der Waals surface area contributed by atoms with Crippen LogP contribution >= 0.6 is 22.9 Å². The Labute approximate surface area is 168 Å². The van der Waals surface area contributed by atoms with Gasteiger partial charge in [-0.25, -0.2) is 0 Å². The van der Waals surface area contributed by atoms with Crippen molar-refractivity contribution < 1.29 is 9.59 Å². The highest BCUT2D eigenvalue weighted by Crippen LogP contribution is 2.50. The SMILES string of the molecule is O=C(C=Cc1cccs1)N1CCN(C(=O)C2(c3cccc(Cl)c3)CC2)CC1. The molecule has 27 heavy (non-hydrogen) atoms. The van der Waals surface area contributed by atoms with E-state index in [0.717, 1.165) is 23.3 Å². The number of carbonyl (C=O) groups excluding carboxylic acids is 2. The molecule has 1 aromatic carbocycles. The summed E-state index contributed by atoms with van der Waals surface area (Å²) in [7, 11) is 0. The van der Waals surface area contributed by atoms with Gasteiger partial charge in [-0.2, -0.15) is 0 Å². The van der Waals surface area contributed by atoms with Gasteiger partial charge in [0.15, 0.2) is 0 Å². The number of hydrogen-bond acceptors (Lipinski definition) is 3. The maximum atomic E-state index is 13.1. The van der Waals surface area contributed by atoms with Crippen molar-refractivity contribution in [1.29, 1.82) is 0 Å². The number of nitrogens with zero attached hydrogens (tertiary/aromatic N) is 2. The lowest BCUT2D eigenvalue weighted by molar-refractivity contribution is -0.139. The molecular formula is C21H21ClN2O2S. The number of amides is 2. The molecule has 140 valence electrons. The van der Waals surface area contributed by atoms with Gasteiger partial charge in [-0.3, -0.25) is 9.59 Å². The topological polar surface area (TPSA) is 40.6 Å². The highest BCUT2D eigenvalue weighted by atomic mass is 35.5. The predicted molar refractivity (Wildman–Crippen MR) is 109 cm³/mol. The van der Waals surface area contributed by atoms with Gasteiger partial charge in [0.25, 0.3) is 0 Å². The minimum absolute atomic E-state index is 0.00600. The van der Waals surface area contributed by atoms with Crippen LogP contribution in [0.25, 0.3) is 6.08 Å². The van der Waals surface area contributed by atoms with E-state index in [4.69, 9.17) is 11.6 Å². The molecule has 2 amide bonds. The van der Waals surface area contributed by atoms with Crippen LogP contribution in [-0.4, -0.2) is 47.8 Å². The van der Waals surface area contributed by atoms with E-state index in [9.17, 15) is 9.59 Å². The lowest BCUT2D eigenvalue weighted by Crippen LogP contribution is -2.52. The van der Waals surface area contributed by atoms with E-state index in [1.807, 2.05) is 57.7 Å². The average molecular weight is 401 g/mol. The molecule has 1 aromatic heterocycles. The summed E-state index contributed by atoms with van der Waals surface area (Å²) in [6.07, 6.45) is 5.21. The van der Waals surface area contributed by atoms with E-state index in [1.54, 1.807) is 17.4 Å². The number of carbonyl (C=O) groups is 2. The number of piperazine rings is 1. The summed E-state index contributed by atoms with van der Waals surface area (Å²) < 4.78 is 0. The molecule has 0 N–H and O–H groups in total. The van der Waals surface area contributed by atoms with Crippen molar-refractivity contribution in [2.45, 2.75) is 18.3 Å². The standard InChI is InChI=1S/C21H21ClN2O2S/c22-17-4-1-3-16(15-17)21(8-9-21)20(26)24-12-10-23(11-13-24)19(25)7-6-18-5-2-14-27-18/h1-7,14-15H,8-13H2. The Bertz CT molecular complexity index is 866. The summed E-state index contributed by atoms with van der Waals surface area (Å²) in [5.74, 6) is 0.178. The first-order chi connectivity index (χ1) is 13.1. The molecular weight excluding hydrogens is 380 g/mol. The fourth-order valence-electron chi connectivity index (χ4n) is 3.61. The van der Waals surface area contributed by atoms with E-state index in [2.05, 4.69) is 0 Å². The Hall–Kier alpha value is -2.11. The molecule has 1 saturated heterocycles. The third-order valence-corrected chi connectivity index (χ3v) is 6.42. The van der Waals surface area contributed by atoms with Crippen LogP contribution in [0.5, 0.6) is 0 Å². The van der Waals surface area contributed by atoms with Gasteiger partial charge in [0.1, 0.15) is 0 Å². The molecule has 1 saturated carbocycles. The van der Waals surface area contributed by atoms with Crippen LogP contribution < -0.4 is 0 Å². The summed E-state index contributed by atoms with van der Waals surface area (Å²) in [6, 6.07) is 11.6. The van der Waals surface area contributed by atoms with E-state index < -0.39 is 5.41 Å². The Balaban J connectivity index is 1.36. The second-order valence-electron chi connectivity index (χ2n) is 7.06. The fourth-order valence-corrected chi connectivity index (χ4v) is 4.42. The fraction of sp³-hybridized carbons (Fsp3) is 0.333. The van der Waals surface area contributed by atoms with Gasteiger partial charge in [0.05, 0.1) is 5.41 Å². The molecule has 0 bridgehead atoms. The molecule has 0 spiro atoms. The lowest BCUT2D eigenvalue weighted by atomic mass is 9.94. The average Bonchev–Trinajstić information content (AvgIpc) is 3.34. The Morgan fingerprint density at radius 3 is 2.41 bits per heavy atom. The van der Waals surface area contributed by atoms with Crippen LogP contribution in [0.2, 0.25) is 5.02 Å². The van der Waals surface area contributed by atoms with Crippen molar-refractivity contribution in [2.24, 2.45) is 0 Å². The molecule has 4 nitrogen and oxygen atoms in total. The maximum Gasteiger partial charge on any atom is 0.246 e. The smallest absolute Gasteiger partial charge is 0.246 e. The molecule has 4 rings (SSSR count). The van der Waals surface area contributed by atoms with Crippen LogP contribution in [0.1, 0.15) is 23.3 Å². The molecule has 0 unspecified atom stereocenters. The van der Waals surface area contributed by atoms with Crippen molar-refractivity contribution in [3.8, 4) is 0 Å². The molecule has 2 fully saturated rings. The van der Waals surface area contributed by atoms with Gasteiger partial charge >= 0.3 is 0 Å². The Morgan fingerprint density at radius 1 is 1.04 bits per heavy atom. The summed E-state index contributed by atoms with van der Waals surface area (Å²) in [5, 5.41) is 2.65. The first kappa shape index (κ1) is 18.3. The summed E-state index contributed by atoms with van der Waals surface area (Å²) in [4.78, 5) is 30.3. The summed E-state index contributed by atoms with van der Waals surface area (Å²) in [6.45, 7) is 2.31. The second-order valence-corrected chi connectivity index (χ2v) is 8.47. The second kappa shape index (κ2) is 7.49. The van der Waals surface area contributed by atoms with E-state index in [-0.39, 0.29) is 11.8 Å². The third kappa shape index (κ3) is 3.80. The van der Waals surface area contributed by atoms with Gasteiger partial charge in [-0.15, -0.1) is 11.3 Å². The third-order valence-electron chi connectivity index (χ3n) is 5.35. The minimum atomic E-state index is -0.407. The molecule has 2 heterocycles. The molecule has 0 atom stereocenters. The largest absolute Gasteiger partial charge is 0.338 e. The van der Waals surface area contributed by atoms with E-state index in [0.29, 0.717) is 31.2 Å². The van der Waals surface area contributed by atoms with Crippen LogP contribution in [0, 0.1) is 0 Å². The number of rotatable bonds is 4. The highest BCUT2D eigenvalue weighted by Gasteiger charge is 2.53. The summed E-state index contributed by atoms with van der Waals surface area (Å²) in [5.41, 5.74) is 0.605. The normalized spacial score (nSPS) is 18.7. The molecule has 1 aliphatic heterocycles. The van der Waals surface area contributed by atoms with Gasteiger partial charge in [0.2, 0.25) is 11.8 Å². The van der Waals surface area contributed by atoms with Crippen LogP contribution in [0.3, 0.4) is 0 Å². The van der Waals surface area contributed by atoms with Gasteiger partial charge in [-0.1, -0.05) is 29.8 Å². The Morgan fingerprint density at radius 2 is 1.78 bits per heavy atom. The van der Waals surface area contributed by atoms with Gasteiger partial charge in [-0.05, 0) is 48.1 Å². The molecule has 2 aromatic rings. The number of halogens is 1. The van der Waals surface area contributed by atoms with Gasteiger partial charge in [0, 0.05) is 42.2 Å². The number of benzene rings is 1. The number of hydrogen-bond donors (Lipinski definition) is 0. The predicted octanol–water partition coefficient (Wildman–Crippen LogP) is 3.82. The van der Waals surface area contributed by atoms with Gasteiger partial charge < -0.3 is 9.80 Å². The lowest BCUT2D eigenvalue weighted by Gasteiger charge is -2.36. The molecule has 1 aliphatic carbocycles. The van der Waals surface area contributed by atoms with E-state index in [1.165, 1.54) is 0 Å². The van der Waals surface area contributed by atoms with Crippen LogP contribution in [0.4, 0.5) is 0 Å². The highest BCUT2D eigenvalue weighted by molar-refractivity contribution is 7.10. The van der Waals surface area contributed by atoms with Crippen molar-refractivity contribution in [2.75, 3.05) is 26.2 Å². The first-order valence-electron chi connectivity index (χ1n) is 9.14. The van der Waals surface area contributed by atoms with Crippen LogP contribution in [-0.2, 0) is 15.0 Å².